The molecule has 94 heavy (non-hydrogen) atoms. The molecule has 0 N–H and O–H groups in total. The van der Waals surface area contributed by atoms with Crippen LogP contribution < -0.4 is 9.80 Å². The molecule has 14 aromatic carbocycles. The molecule has 2 heteroatoms. The topological polar surface area (TPSA) is 6.48 Å². The number of benzene rings is 14. The highest BCUT2D eigenvalue weighted by Crippen LogP contribution is 2.54. The van der Waals surface area contributed by atoms with E-state index in [-0.39, 0.29) is 10.8 Å². The third-order valence-electron chi connectivity index (χ3n) is 20.2. The van der Waals surface area contributed by atoms with Crippen molar-refractivity contribution in [2.45, 2.75) is 52.4 Å². The van der Waals surface area contributed by atoms with Gasteiger partial charge in [0.2, 0.25) is 0 Å². The van der Waals surface area contributed by atoms with E-state index in [1.807, 2.05) is 0 Å². The Balaban J connectivity index is 0.815. The Bertz CT molecular complexity index is 4730. The highest BCUT2D eigenvalue weighted by Gasteiger charge is 2.37. The average Bonchev–Trinajstić information content (AvgIpc) is 1.50. The van der Waals surface area contributed by atoms with Crippen LogP contribution in [0.3, 0.4) is 0 Å². The van der Waals surface area contributed by atoms with E-state index in [4.69, 9.17) is 0 Å². The number of rotatable bonds is 13. The zero-order valence-electron chi connectivity index (χ0n) is 54.1. The summed E-state index contributed by atoms with van der Waals surface area (Å²) in [6.45, 7) is 14.0. The van der Waals surface area contributed by atoms with Gasteiger partial charge in [-0.25, -0.2) is 0 Å². The smallest absolute Gasteiger partial charge is 0.0618 e. The maximum absolute atomic E-state index is 2.51. The van der Waals surface area contributed by atoms with E-state index in [0.717, 1.165) is 101 Å². The number of para-hydroxylation sites is 2. The first-order valence-corrected chi connectivity index (χ1v) is 33.0. The molecule has 14 aromatic rings. The number of aryl methyl sites for hydroxylation is 2. The van der Waals surface area contributed by atoms with Gasteiger partial charge in [-0.1, -0.05) is 295 Å². The number of fused-ring (bicyclic) bond motifs is 6. The van der Waals surface area contributed by atoms with Crippen LogP contribution in [-0.4, -0.2) is 0 Å². The summed E-state index contributed by atoms with van der Waals surface area (Å²) in [4.78, 5) is 5.01. The van der Waals surface area contributed by atoms with Gasteiger partial charge in [-0.15, -0.1) is 0 Å². The fraction of sp³-hybridized carbons (Fsp3) is 0.0870. The minimum absolute atomic E-state index is 0.0935. The van der Waals surface area contributed by atoms with Gasteiger partial charge in [-0.05, 0) is 186 Å². The van der Waals surface area contributed by atoms with Gasteiger partial charge in [0.15, 0.2) is 0 Å². The summed E-state index contributed by atoms with van der Waals surface area (Å²) in [5.41, 5.74) is 36.0. The third kappa shape index (κ3) is 9.97. The van der Waals surface area contributed by atoms with E-state index in [2.05, 4.69) is 379 Å². The molecule has 2 aliphatic rings. The van der Waals surface area contributed by atoms with Crippen LogP contribution in [0.5, 0.6) is 0 Å². The van der Waals surface area contributed by atoms with Crippen molar-refractivity contribution in [2.24, 2.45) is 0 Å². The Hall–Kier alpha value is -11.3. The molecule has 0 amide bonds. The molecule has 450 valence electrons. The monoisotopic (exact) mass is 1200 g/mol. The molecule has 16 rings (SSSR count). The number of hydrogen-bond acceptors (Lipinski definition) is 2. The van der Waals surface area contributed by atoms with Gasteiger partial charge >= 0.3 is 0 Å². The lowest BCUT2D eigenvalue weighted by atomic mass is 9.81. The zero-order chi connectivity index (χ0) is 63.7. The van der Waals surface area contributed by atoms with Crippen LogP contribution in [0.1, 0.15) is 61.1 Å². The van der Waals surface area contributed by atoms with Crippen molar-refractivity contribution in [3.63, 3.8) is 0 Å². The summed E-state index contributed by atoms with van der Waals surface area (Å²) >= 11 is 0. The van der Waals surface area contributed by atoms with Crippen LogP contribution in [0.15, 0.2) is 328 Å². The van der Waals surface area contributed by atoms with Crippen LogP contribution in [0.2, 0.25) is 0 Å². The maximum atomic E-state index is 2.51. The van der Waals surface area contributed by atoms with Crippen LogP contribution in [0.4, 0.5) is 34.1 Å². The largest absolute Gasteiger partial charge is 0.309 e. The van der Waals surface area contributed by atoms with Crippen molar-refractivity contribution >= 4 is 34.1 Å². The minimum atomic E-state index is -0.0935. The summed E-state index contributed by atoms with van der Waals surface area (Å²) < 4.78 is 0. The molecule has 0 heterocycles. The molecular weight excluding hydrogens is 1130 g/mol. The van der Waals surface area contributed by atoms with Crippen LogP contribution in [0, 0.1) is 13.8 Å². The molecule has 0 aliphatic heterocycles. The molecule has 2 nitrogen and oxygen atoms in total. The van der Waals surface area contributed by atoms with E-state index < -0.39 is 0 Å². The predicted molar refractivity (Wildman–Crippen MR) is 398 cm³/mol. The van der Waals surface area contributed by atoms with Gasteiger partial charge in [0.1, 0.15) is 0 Å². The van der Waals surface area contributed by atoms with Gasteiger partial charge < -0.3 is 9.80 Å². The van der Waals surface area contributed by atoms with Crippen LogP contribution in [0.25, 0.3) is 100 Å². The highest BCUT2D eigenvalue weighted by atomic mass is 15.2. The van der Waals surface area contributed by atoms with Gasteiger partial charge in [-0.2, -0.15) is 0 Å². The lowest BCUT2D eigenvalue weighted by molar-refractivity contribution is 0.660. The lowest BCUT2D eigenvalue weighted by Gasteiger charge is -2.32. The maximum Gasteiger partial charge on any atom is 0.0618 e. The first kappa shape index (κ1) is 57.8. The summed E-state index contributed by atoms with van der Waals surface area (Å²) in [7, 11) is 0. The summed E-state index contributed by atoms with van der Waals surface area (Å²) in [6.07, 6.45) is 0. The van der Waals surface area contributed by atoms with Gasteiger partial charge in [-0.3, -0.25) is 0 Å². The van der Waals surface area contributed by atoms with E-state index in [1.54, 1.807) is 0 Å². The average molecular weight is 1210 g/mol. The number of nitrogens with zero attached hydrogens (tertiary/aromatic N) is 2. The third-order valence-corrected chi connectivity index (χ3v) is 20.2. The van der Waals surface area contributed by atoms with Gasteiger partial charge in [0.05, 0.1) is 11.4 Å². The molecule has 0 spiro atoms. The van der Waals surface area contributed by atoms with Crippen LogP contribution >= 0.6 is 0 Å². The normalized spacial score (nSPS) is 13.0. The molecule has 0 aromatic heterocycles. The van der Waals surface area contributed by atoms with E-state index in [0.29, 0.717) is 0 Å². The molecule has 0 radical (unpaired) electrons. The van der Waals surface area contributed by atoms with Gasteiger partial charge in [0, 0.05) is 55.8 Å². The van der Waals surface area contributed by atoms with Crippen molar-refractivity contribution in [2.75, 3.05) is 9.80 Å². The van der Waals surface area contributed by atoms with Crippen molar-refractivity contribution in [1.29, 1.82) is 0 Å². The zero-order valence-corrected chi connectivity index (χ0v) is 54.1. The molecule has 2 aliphatic carbocycles. The Morgan fingerprint density at radius 3 is 0.798 bits per heavy atom. The van der Waals surface area contributed by atoms with Crippen LogP contribution in [-0.2, 0) is 10.8 Å². The molecular formula is C92H72N2. The van der Waals surface area contributed by atoms with E-state index in [1.165, 1.54) is 66.8 Å². The highest BCUT2D eigenvalue weighted by molar-refractivity contribution is 6.01. The second-order valence-electron chi connectivity index (χ2n) is 26.5. The van der Waals surface area contributed by atoms with Gasteiger partial charge in [0.25, 0.3) is 0 Å². The Morgan fingerprint density at radius 2 is 0.468 bits per heavy atom. The minimum Gasteiger partial charge on any atom is -0.309 e. The van der Waals surface area contributed by atoms with Crippen molar-refractivity contribution in [3.05, 3.63) is 361 Å². The molecule has 0 unspecified atom stereocenters. The molecule has 0 bridgehead atoms. The number of anilines is 6. The first-order chi connectivity index (χ1) is 46.0. The fourth-order valence-corrected chi connectivity index (χ4v) is 15.3. The first-order valence-electron chi connectivity index (χ1n) is 33.0. The molecule has 0 saturated carbocycles. The predicted octanol–water partition coefficient (Wildman–Crippen LogP) is 25.5. The van der Waals surface area contributed by atoms with Crippen molar-refractivity contribution in [3.8, 4) is 100 Å². The SMILES string of the molecule is Cc1cc(-c2ccc(N(c3ccc(-c4ccc5c(c4)C(C)(C)c4ccccc4-5)cc3)c3c(-c4ccccc4)cccc3-c3ccccc3)c(C)c2)ccc1N(c1ccc(-c2ccc3c(c2)C(C)(C)c2ccccc2-3)cc1)c1c(-c2ccccc2)cccc1-c1ccccc1. The molecule has 0 saturated heterocycles. The van der Waals surface area contributed by atoms with Crippen molar-refractivity contribution < 1.29 is 0 Å². The van der Waals surface area contributed by atoms with E-state index in [9.17, 15) is 0 Å². The summed E-state index contributed by atoms with van der Waals surface area (Å²) in [5, 5.41) is 0. The van der Waals surface area contributed by atoms with E-state index >= 15 is 0 Å². The Labute approximate surface area is 554 Å². The Morgan fingerprint density at radius 1 is 0.202 bits per heavy atom. The second-order valence-corrected chi connectivity index (χ2v) is 26.5. The summed E-state index contributed by atoms with van der Waals surface area (Å²) in [6, 6.07) is 122. The standard InChI is InChI=1S/C92H72N2/c1-61-57-69(47-55-87(61)93(89-75(65-25-11-7-12-26-65)35-23-36-76(89)66-27-13-8-14-28-66)73-49-41-63(42-50-73)71-45-53-81-79-33-19-21-39-83(79)91(3,4)85(81)59-71)70-48-56-88(62(2)58-70)94(90-77(67-29-15-9-16-30-67)37-24-38-78(90)68-31-17-10-18-32-68)74-51-43-64(44-52-74)72-46-54-82-80-34-20-22-40-84(80)92(5,6)86(82)60-72/h7-60H,1-6H3. The summed E-state index contributed by atoms with van der Waals surface area (Å²) in [5.74, 6) is 0. The Kier molecular flexibility index (Phi) is 14.4. The molecule has 0 fully saturated rings. The second kappa shape index (κ2) is 23.4. The number of hydrogen-bond donors (Lipinski definition) is 0. The lowest BCUT2D eigenvalue weighted by Crippen LogP contribution is -2.15. The quantitative estimate of drug-likeness (QED) is 0.114. The van der Waals surface area contributed by atoms with Crippen molar-refractivity contribution in [1.82, 2.24) is 0 Å². The molecule has 0 atom stereocenters. The fourth-order valence-electron chi connectivity index (χ4n) is 15.3.